The van der Waals surface area contributed by atoms with Gasteiger partial charge in [0.1, 0.15) is 73.2 Å². The normalized spacial score (nSPS) is 34.6. The van der Waals surface area contributed by atoms with E-state index in [4.69, 9.17) is 28.4 Å². The lowest BCUT2D eigenvalue weighted by Crippen LogP contribution is -2.66. The van der Waals surface area contributed by atoms with Crippen molar-refractivity contribution in [2.75, 3.05) is 26.4 Å². The Hall–Kier alpha value is -2.25. The Morgan fingerprint density at radius 3 is 1.62 bits per heavy atom. The Bertz CT molecular complexity index is 1400. The van der Waals surface area contributed by atoms with Crippen LogP contribution in [0.15, 0.2) is 48.6 Å². The number of allylic oxidation sites excluding steroid dienone is 8. The molecule has 0 aromatic rings. The van der Waals surface area contributed by atoms with Crippen LogP contribution in [0.4, 0.5) is 0 Å². The van der Waals surface area contributed by atoms with Gasteiger partial charge in [-0.3, -0.25) is 4.79 Å². The highest BCUT2D eigenvalue weighted by atomic mass is 16.8. The first-order valence-corrected chi connectivity index (χ1v) is 23.4. The summed E-state index contributed by atoms with van der Waals surface area (Å²) in [5, 5.41) is 119. The van der Waals surface area contributed by atoms with Crippen molar-refractivity contribution >= 4 is 5.91 Å². The van der Waals surface area contributed by atoms with Crippen LogP contribution in [0.25, 0.3) is 0 Å². The Labute approximate surface area is 383 Å². The van der Waals surface area contributed by atoms with E-state index >= 15 is 0 Å². The molecule has 1 amide bonds. The number of hydrogen-bond acceptors (Lipinski definition) is 18. The van der Waals surface area contributed by atoms with Gasteiger partial charge in [0.05, 0.1) is 38.6 Å². The van der Waals surface area contributed by atoms with E-state index in [1.165, 1.54) is 0 Å². The van der Waals surface area contributed by atoms with E-state index in [1.54, 1.807) is 0 Å². The Morgan fingerprint density at radius 1 is 0.569 bits per heavy atom. The predicted octanol–water partition coefficient (Wildman–Crippen LogP) is 0.0230. The third-order valence-electron chi connectivity index (χ3n) is 11.7. The fourth-order valence-corrected chi connectivity index (χ4v) is 7.71. The standard InChI is InChI=1S/C46H79NO18/c1-3-5-7-8-9-10-11-12-13-14-15-16-17-18-19-20-22-24-34(52)47-29(30(51)23-21-6-4-2)28-60-44-40(58)37(55)42(32(26-49)62-44)65-46-41(59)38(56)43(33(27-50)63-46)64-45-39(57)36(54)35(53)31(25-48)61-45/h5,7,9-10,12-13,15-16,29-33,35-46,48-51,53-59H,3-4,6,8,11,14,17-28H2,1-2H3,(H,47,52)/b7-5-,10-9-,13-12-,16-15-. The van der Waals surface area contributed by atoms with Crippen molar-refractivity contribution in [3.8, 4) is 0 Å². The average molecular weight is 934 g/mol. The average Bonchev–Trinajstić information content (AvgIpc) is 3.30. The summed E-state index contributed by atoms with van der Waals surface area (Å²) in [4.78, 5) is 13.0. The Kier molecular flexibility index (Phi) is 27.9. The third-order valence-corrected chi connectivity index (χ3v) is 11.7. The van der Waals surface area contributed by atoms with Crippen molar-refractivity contribution in [1.29, 1.82) is 0 Å². The summed E-state index contributed by atoms with van der Waals surface area (Å²) in [5.74, 6) is -0.283. The molecule has 0 aromatic heterocycles. The van der Waals surface area contributed by atoms with Gasteiger partial charge in [-0.05, 0) is 51.4 Å². The highest BCUT2D eigenvalue weighted by Gasteiger charge is 2.53. The van der Waals surface area contributed by atoms with Gasteiger partial charge in [-0.15, -0.1) is 0 Å². The number of aliphatic hydroxyl groups excluding tert-OH is 11. The summed E-state index contributed by atoms with van der Waals surface area (Å²) in [6.07, 6.45) is 2.05. The first-order chi connectivity index (χ1) is 31.3. The molecule has 3 rings (SSSR count). The number of aliphatic hydroxyl groups is 11. The van der Waals surface area contributed by atoms with Gasteiger partial charge in [-0.1, -0.05) is 94.6 Å². The van der Waals surface area contributed by atoms with Gasteiger partial charge < -0.3 is 89.9 Å². The van der Waals surface area contributed by atoms with Gasteiger partial charge in [0.2, 0.25) is 5.91 Å². The molecule has 3 aliphatic heterocycles. The van der Waals surface area contributed by atoms with Gasteiger partial charge in [0.25, 0.3) is 0 Å². The van der Waals surface area contributed by atoms with Crippen LogP contribution in [0, 0.1) is 0 Å². The van der Waals surface area contributed by atoms with Gasteiger partial charge in [0.15, 0.2) is 18.9 Å². The minimum atomic E-state index is -1.97. The van der Waals surface area contributed by atoms with Gasteiger partial charge in [-0.2, -0.15) is 0 Å². The summed E-state index contributed by atoms with van der Waals surface area (Å²) >= 11 is 0. The zero-order valence-electron chi connectivity index (χ0n) is 37.9. The topological polar surface area (TPSA) is 307 Å². The number of unbranched alkanes of at least 4 members (excludes halogenated alkanes) is 6. The summed E-state index contributed by atoms with van der Waals surface area (Å²) in [7, 11) is 0. The number of carbonyl (C=O) groups is 1. The van der Waals surface area contributed by atoms with Crippen LogP contribution in [-0.4, -0.2) is 193 Å². The van der Waals surface area contributed by atoms with Gasteiger partial charge >= 0.3 is 0 Å². The second kappa shape index (κ2) is 31.7. The number of amides is 1. The van der Waals surface area contributed by atoms with E-state index in [9.17, 15) is 61.0 Å². The smallest absolute Gasteiger partial charge is 0.220 e. The van der Waals surface area contributed by atoms with Crippen molar-refractivity contribution < 1.29 is 89.4 Å². The Morgan fingerprint density at radius 2 is 1.06 bits per heavy atom. The molecule has 376 valence electrons. The lowest BCUT2D eigenvalue weighted by Gasteiger charge is -2.48. The molecule has 12 N–H and O–H groups in total. The third kappa shape index (κ3) is 18.6. The maximum Gasteiger partial charge on any atom is 0.220 e. The minimum absolute atomic E-state index is 0.233. The zero-order chi connectivity index (χ0) is 47.7. The van der Waals surface area contributed by atoms with Crippen LogP contribution >= 0.6 is 0 Å². The van der Waals surface area contributed by atoms with Crippen LogP contribution in [-0.2, 0) is 33.2 Å². The number of nitrogens with one attached hydrogen (secondary N) is 1. The van der Waals surface area contributed by atoms with Crippen molar-refractivity contribution in [3.63, 3.8) is 0 Å². The van der Waals surface area contributed by atoms with Crippen LogP contribution < -0.4 is 5.32 Å². The monoisotopic (exact) mass is 934 g/mol. The second-order valence-corrected chi connectivity index (χ2v) is 16.8. The van der Waals surface area contributed by atoms with Crippen molar-refractivity contribution in [3.05, 3.63) is 48.6 Å². The minimum Gasteiger partial charge on any atom is -0.394 e. The predicted molar refractivity (Wildman–Crippen MR) is 235 cm³/mol. The highest BCUT2D eigenvalue weighted by molar-refractivity contribution is 5.76. The van der Waals surface area contributed by atoms with Crippen LogP contribution in [0.1, 0.15) is 104 Å². The molecule has 3 fully saturated rings. The molecule has 0 spiro atoms. The number of rotatable bonds is 30. The molecule has 0 bridgehead atoms. The van der Waals surface area contributed by atoms with E-state index in [0.717, 1.165) is 64.2 Å². The molecule has 65 heavy (non-hydrogen) atoms. The fourth-order valence-electron chi connectivity index (χ4n) is 7.71. The zero-order valence-corrected chi connectivity index (χ0v) is 37.9. The Balaban J connectivity index is 1.49. The molecule has 3 heterocycles. The SMILES string of the molecule is CC/C=C\C/C=C\C/C=C\C/C=C\CCCCCCC(=O)NC(COC1OC(CO)C(OC2OC(CO)C(OC3OC(CO)C(O)C(O)C3O)C(O)C2O)C(O)C1O)C(O)CCCCC. The molecular weight excluding hydrogens is 854 g/mol. The molecule has 19 heteroatoms. The van der Waals surface area contributed by atoms with E-state index in [1.807, 2.05) is 6.92 Å². The number of hydrogen-bond donors (Lipinski definition) is 12. The largest absolute Gasteiger partial charge is 0.394 e. The van der Waals surface area contributed by atoms with E-state index in [2.05, 4.69) is 60.8 Å². The molecule has 3 aliphatic rings. The quantitative estimate of drug-likeness (QED) is 0.0334. The van der Waals surface area contributed by atoms with Gasteiger partial charge in [0, 0.05) is 6.42 Å². The molecular formula is C46H79NO18. The second-order valence-electron chi connectivity index (χ2n) is 16.8. The first kappa shape index (κ1) is 57.1. The molecule has 17 unspecified atom stereocenters. The summed E-state index contributed by atoms with van der Waals surface area (Å²) in [6, 6.07) is -0.896. The van der Waals surface area contributed by atoms with E-state index in [0.29, 0.717) is 19.3 Å². The van der Waals surface area contributed by atoms with E-state index in [-0.39, 0.29) is 18.9 Å². The molecule has 0 aliphatic carbocycles. The molecule has 19 nitrogen and oxygen atoms in total. The van der Waals surface area contributed by atoms with Crippen LogP contribution in [0.2, 0.25) is 0 Å². The van der Waals surface area contributed by atoms with Crippen LogP contribution in [0.3, 0.4) is 0 Å². The molecule has 0 radical (unpaired) electrons. The molecule has 0 saturated carbocycles. The summed E-state index contributed by atoms with van der Waals surface area (Å²) < 4.78 is 33.9. The lowest BCUT2D eigenvalue weighted by atomic mass is 9.96. The molecule has 0 aromatic carbocycles. The van der Waals surface area contributed by atoms with Crippen molar-refractivity contribution in [2.24, 2.45) is 0 Å². The number of ether oxygens (including phenoxy) is 6. The summed E-state index contributed by atoms with van der Waals surface area (Å²) in [6.45, 7) is 1.40. The van der Waals surface area contributed by atoms with Crippen molar-refractivity contribution in [1.82, 2.24) is 5.32 Å². The molecule has 17 atom stereocenters. The van der Waals surface area contributed by atoms with Gasteiger partial charge in [-0.25, -0.2) is 0 Å². The summed E-state index contributed by atoms with van der Waals surface area (Å²) in [5.41, 5.74) is 0. The maximum atomic E-state index is 13.0. The fraction of sp³-hybridized carbons (Fsp3) is 0.804. The number of carbonyl (C=O) groups excluding carboxylic acids is 1. The van der Waals surface area contributed by atoms with E-state index < -0.39 is 124 Å². The lowest BCUT2D eigenvalue weighted by molar-refractivity contribution is -0.379. The van der Waals surface area contributed by atoms with Crippen LogP contribution in [0.5, 0.6) is 0 Å². The van der Waals surface area contributed by atoms with Crippen molar-refractivity contribution in [2.45, 2.75) is 208 Å². The highest BCUT2D eigenvalue weighted by Crippen LogP contribution is 2.33. The maximum absolute atomic E-state index is 13.0. The first-order valence-electron chi connectivity index (χ1n) is 23.4. The molecule has 3 saturated heterocycles.